The molecule has 3 heteroatoms. The van der Waals surface area contributed by atoms with Gasteiger partial charge in [-0.15, -0.1) is 0 Å². The van der Waals surface area contributed by atoms with Crippen LogP contribution in [0, 0.1) is 0 Å². The van der Waals surface area contributed by atoms with Gasteiger partial charge in [0.15, 0.2) is 5.75 Å². The van der Waals surface area contributed by atoms with Crippen LogP contribution in [0.25, 0.3) is 10.9 Å². The molecule has 0 aliphatic heterocycles. The third-order valence-corrected chi connectivity index (χ3v) is 2.00. The summed E-state index contributed by atoms with van der Waals surface area (Å²) < 4.78 is 5.07. The Kier molecular flexibility index (Phi) is 1.77. The number of nitrogens with zero attached hydrogens (tertiary/aromatic N) is 1. The van der Waals surface area contributed by atoms with Gasteiger partial charge in [-0.25, -0.2) is 0 Å². The average molecular weight is 174 g/mol. The minimum absolute atomic E-state index is 0.624. The number of rotatable bonds is 1. The summed E-state index contributed by atoms with van der Waals surface area (Å²) in [5, 5.41) is 0.932. The minimum atomic E-state index is 0.624. The quantitative estimate of drug-likeness (QED) is 0.717. The van der Waals surface area contributed by atoms with Crippen molar-refractivity contribution >= 4 is 16.6 Å². The van der Waals surface area contributed by atoms with E-state index in [1.54, 1.807) is 13.3 Å². The normalized spacial score (nSPS) is 10.2. The lowest BCUT2D eigenvalue weighted by molar-refractivity contribution is 0.416. The van der Waals surface area contributed by atoms with Crippen LogP contribution in [0.5, 0.6) is 5.75 Å². The Morgan fingerprint density at radius 1 is 1.31 bits per heavy atom. The standard InChI is InChI=1S/C10H10N2O/c1-13-9-6-12-8-5-3-2-4-7(8)10(9)11/h2-6H,1H3,(H2,11,12). The third kappa shape index (κ3) is 1.18. The summed E-state index contributed by atoms with van der Waals surface area (Å²) in [5.74, 6) is 0.624. The van der Waals surface area contributed by atoms with Gasteiger partial charge in [-0.3, -0.25) is 4.98 Å². The summed E-state index contributed by atoms with van der Waals surface area (Å²) in [4.78, 5) is 4.21. The average Bonchev–Trinajstić information content (AvgIpc) is 2.19. The molecule has 0 spiro atoms. The molecule has 1 heterocycles. The fourth-order valence-electron chi connectivity index (χ4n) is 1.31. The van der Waals surface area contributed by atoms with Crippen molar-refractivity contribution in [2.24, 2.45) is 0 Å². The number of pyridine rings is 1. The monoisotopic (exact) mass is 174 g/mol. The van der Waals surface area contributed by atoms with Crippen molar-refractivity contribution in [3.05, 3.63) is 30.5 Å². The smallest absolute Gasteiger partial charge is 0.160 e. The zero-order valence-electron chi connectivity index (χ0n) is 7.32. The molecule has 0 radical (unpaired) electrons. The number of hydrogen-bond acceptors (Lipinski definition) is 3. The molecule has 66 valence electrons. The van der Waals surface area contributed by atoms with E-state index in [1.807, 2.05) is 24.3 Å². The van der Waals surface area contributed by atoms with Gasteiger partial charge >= 0.3 is 0 Å². The van der Waals surface area contributed by atoms with E-state index < -0.39 is 0 Å². The number of fused-ring (bicyclic) bond motifs is 1. The van der Waals surface area contributed by atoms with Crippen molar-refractivity contribution in [1.29, 1.82) is 0 Å². The molecule has 0 aliphatic carbocycles. The van der Waals surface area contributed by atoms with Crippen molar-refractivity contribution < 1.29 is 4.74 Å². The number of benzene rings is 1. The van der Waals surface area contributed by atoms with Gasteiger partial charge < -0.3 is 10.5 Å². The maximum Gasteiger partial charge on any atom is 0.160 e. The van der Waals surface area contributed by atoms with E-state index >= 15 is 0 Å². The molecule has 0 atom stereocenters. The summed E-state index contributed by atoms with van der Waals surface area (Å²) in [6, 6.07) is 7.71. The maximum atomic E-state index is 5.86. The first-order valence-electron chi connectivity index (χ1n) is 4.00. The fourth-order valence-corrected chi connectivity index (χ4v) is 1.31. The second-order valence-corrected chi connectivity index (χ2v) is 2.76. The highest BCUT2D eigenvalue weighted by atomic mass is 16.5. The first-order valence-corrected chi connectivity index (χ1v) is 4.00. The van der Waals surface area contributed by atoms with Crippen molar-refractivity contribution in [2.75, 3.05) is 12.8 Å². The topological polar surface area (TPSA) is 48.1 Å². The van der Waals surface area contributed by atoms with Crippen molar-refractivity contribution in [3.8, 4) is 5.75 Å². The summed E-state index contributed by atoms with van der Waals surface area (Å²) in [7, 11) is 1.59. The van der Waals surface area contributed by atoms with Crippen molar-refractivity contribution in [3.63, 3.8) is 0 Å². The van der Waals surface area contributed by atoms with Crippen LogP contribution in [0.4, 0.5) is 5.69 Å². The number of hydrogen-bond donors (Lipinski definition) is 1. The van der Waals surface area contributed by atoms with Crippen LogP contribution in [0.2, 0.25) is 0 Å². The number of nitrogens with two attached hydrogens (primary N) is 1. The van der Waals surface area contributed by atoms with Gasteiger partial charge in [-0.05, 0) is 6.07 Å². The lowest BCUT2D eigenvalue weighted by atomic mass is 10.2. The maximum absolute atomic E-state index is 5.86. The second-order valence-electron chi connectivity index (χ2n) is 2.76. The van der Waals surface area contributed by atoms with E-state index in [4.69, 9.17) is 10.5 Å². The molecule has 0 fully saturated rings. The third-order valence-electron chi connectivity index (χ3n) is 2.00. The highest BCUT2D eigenvalue weighted by Crippen LogP contribution is 2.27. The molecule has 0 saturated carbocycles. The number of methoxy groups -OCH3 is 1. The van der Waals surface area contributed by atoms with E-state index in [1.165, 1.54) is 0 Å². The number of nitrogen functional groups attached to an aromatic ring is 1. The fraction of sp³-hybridized carbons (Fsp3) is 0.100. The van der Waals surface area contributed by atoms with Crippen molar-refractivity contribution in [2.45, 2.75) is 0 Å². The zero-order valence-corrected chi connectivity index (χ0v) is 7.32. The number of para-hydroxylation sites is 1. The first kappa shape index (κ1) is 7.86. The van der Waals surface area contributed by atoms with E-state index in [0.717, 1.165) is 10.9 Å². The van der Waals surface area contributed by atoms with Crippen LogP contribution in [-0.4, -0.2) is 12.1 Å². The van der Waals surface area contributed by atoms with Crippen LogP contribution < -0.4 is 10.5 Å². The molecule has 0 unspecified atom stereocenters. The van der Waals surface area contributed by atoms with Gasteiger partial charge in [0, 0.05) is 5.39 Å². The minimum Gasteiger partial charge on any atom is -0.493 e. The number of ether oxygens (including phenoxy) is 1. The molecule has 0 aliphatic rings. The molecule has 0 saturated heterocycles. The van der Waals surface area contributed by atoms with Gasteiger partial charge in [-0.1, -0.05) is 18.2 Å². The van der Waals surface area contributed by atoms with Crippen LogP contribution in [0.1, 0.15) is 0 Å². The Morgan fingerprint density at radius 2 is 2.08 bits per heavy atom. The predicted octanol–water partition coefficient (Wildman–Crippen LogP) is 1.83. The highest BCUT2D eigenvalue weighted by molar-refractivity contribution is 5.92. The number of anilines is 1. The number of aromatic nitrogens is 1. The Labute approximate surface area is 76.2 Å². The molecule has 2 N–H and O–H groups in total. The Morgan fingerprint density at radius 3 is 2.85 bits per heavy atom. The lowest BCUT2D eigenvalue weighted by Gasteiger charge is -2.05. The van der Waals surface area contributed by atoms with Gasteiger partial charge in [-0.2, -0.15) is 0 Å². The van der Waals surface area contributed by atoms with E-state index in [-0.39, 0.29) is 0 Å². The highest BCUT2D eigenvalue weighted by Gasteiger charge is 2.03. The molecule has 2 rings (SSSR count). The molecule has 1 aromatic carbocycles. The molecule has 13 heavy (non-hydrogen) atoms. The lowest BCUT2D eigenvalue weighted by Crippen LogP contribution is -1.94. The summed E-state index contributed by atoms with van der Waals surface area (Å²) in [6.07, 6.45) is 1.64. The van der Waals surface area contributed by atoms with Gasteiger partial charge in [0.25, 0.3) is 0 Å². The van der Waals surface area contributed by atoms with E-state index in [0.29, 0.717) is 11.4 Å². The molecule has 0 amide bonds. The molecular weight excluding hydrogens is 164 g/mol. The van der Waals surface area contributed by atoms with Gasteiger partial charge in [0.05, 0.1) is 24.5 Å². The van der Waals surface area contributed by atoms with Crippen LogP contribution in [0.3, 0.4) is 0 Å². The molecule has 0 bridgehead atoms. The van der Waals surface area contributed by atoms with Crippen LogP contribution >= 0.6 is 0 Å². The Bertz CT molecular complexity index is 440. The summed E-state index contributed by atoms with van der Waals surface area (Å²) >= 11 is 0. The van der Waals surface area contributed by atoms with E-state index in [2.05, 4.69) is 4.98 Å². The van der Waals surface area contributed by atoms with Gasteiger partial charge in [0.2, 0.25) is 0 Å². The Hall–Kier alpha value is -1.77. The summed E-state index contributed by atoms with van der Waals surface area (Å²) in [5.41, 5.74) is 7.40. The molecular formula is C10H10N2O. The SMILES string of the molecule is COc1cnc2ccccc2c1N. The van der Waals surface area contributed by atoms with E-state index in [9.17, 15) is 0 Å². The summed E-state index contributed by atoms with van der Waals surface area (Å²) in [6.45, 7) is 0. The van der Waals surface area contributed by atoms with Crippen LogP contribution in [0.15, 0.2) is 30.5 Å². The molecule has 3 nitrogen and oxygen atoms in total. The molecule has 1 aromatic heterocycles. The van der Waals surface area contributed by atoms with Gasteiger partial charge in [0.1, 0.15) is 0 Å². The predicted molar refractivity (Wildman–Crippen MR) is 52.7 cm³/mol. The van der Waals surface area contributed by atoms with Crippen LogP contribution in [-0.2, 0) is 0 Å². The molecule has 2 aromatic rings. The van der Waals surface area contributed by atoms with Crippen molar-refractivity contribution in [1.82, 2.24) is 4.98 Å². The second kappa shape index (κ2) is 2.94. The zero-order chi connectivity index (χ0) is 9.26. The largest absolute Gasteiger partial charge is 0.493 e. The first-order chi connectivity index (χ1) is 6.33. The Balaban J connectivity index is 2.79.